The van der Waals surface area contributed by atoms with Crippen molar-refractivity contribution >= 4 is 23.2 Å². The molecule has 7 heteroatoms. The van der Waals surface area contributed by atoms with Crippen LogP contribution >= 0.6 is 11.6 Å². The summed E-state index contributed by atoms with van der Waals surface area (Å²) in [6.45, 7) is 2.09. The molecule has 0 radical (unpaired) electrons. The fraction of sp³-hybridized carbons (Fsp3) is 0.435. The molecule has 3 rings (SSSR count). The second kappa shape index (κ2) is 10.2. The van der Waals surface area contributed by atoms with Crippen molar-refractivity contribution in [1.29, 1.82) is 0 Å². The Kier molecular flexibility index (Phi) is 7.64. The highest BCUT2D eigenvalue weighted by molar-refractivity contribution is 6.30. The summed E-state index contributed by atoms with van der Waals surface area (Å²) in [5.41, 5.74) is 0.514. The summed E-state index contributed by atoms with van der Waals surface area (Å²) >= 11 is 5.86. The van der Waals surface area contributed by atoms with Crippen LogP contribution in [0.15, 0.2) is 48.5 Å². The molecule has 2 aromatic carbocycles. The molecule has 0 spiro atoms. The number of piperidine rings is 1. The van der Waals surface area contributed by atoms with Crippen molar-refractivity contribution in [2.45, 2.75) is 38.3 Å². The lowest BCUT2D eigenvalue weighted by atomic mass is 9.91. The zero-order valence-electron chi connectivity index (χ0n) is 16.7. The summed E-state index contributed by atoms with van der Waals surface area (Å²) in [7, 11) is 0. The Labute approximate surface area is 180 Å². The number of alkyl halides is 3. The van der Waals surface area contributed by atoms with E-state index in [4.69, 9.17) is 11.6 Å². The van der Waals surface area contributed by atoms with Crippen molar-refractivity contribution in [1.82, 2.24) is 4.90 Å². The fourth-order valence-electron chi connectivity index (χ4n) is 3.71. The number of amides is 1. The van der Waals surface area contributed by atoms with Gasteiger partial charge in [0.15, 0.2) is 0 Å². The van der Waals surface area contributed by atoms with E-state index in [0.29, 0.717) is 29.6 Å². The molecule has 0 aliphatic carbocycles. The number of carbonyl (C=O) groups excluding carboxylic acids is 1. The van der Waals surface area contributed by atoms with Gasteiger partial charge in [-0.3, -0.25) is 4.79 Å². The molecular weight excluding hydrogens is 413 g/mol. The predicted molar refractivity (Wildman–Crippen MR) is 113 cm³/mol. The quantitative estimate of drug-likeness (QED) is 0.426. The Morgan fingerprint density at radius 3 is 2.23 bits per heavy atom. The van der Waals surface area contributed by atoms with E-state index < -0.39 is 11.7 Å². The van der Waals surface area contributed by atoms with Crippen LogP contribution in [0, 0.1) is 5.92 Å². The standard InChI is InChI=1S/C23H25ClF3N2O/c24-20-8-10-21(11-9-20)28-14-2-1-3-17-12-15-29(16-13-17)22(30)18-4-6-19(7-5-18)23(25,26)27/h4-11,17H,1-3,12-16H2/q-1. The van der Waals surface area contributed by atoms with Crippen molar-refractivity contribution in [3.8, 4) is 0 Å². The third-order valence-electron chi connectivity index (χ3n) is 5.50. The highest BCUT2D eigenvalue weighted by atomic mass is 35.5. The van der Waals surface area contributed by atoms with Gasteiger partial charge in [0.25, 0.3) is 5.91 Å². The maximum atomic E-state index is 12.7. The molecule has 0 N–H and O–H groups in total. The second-order valence-electron chi connectivity index (χ2n) is 7.66. The maximum Gasteiger partial charge on any atom is 0.416 e. The zero-order valence-corrected chi connectivity index (χ0v) is 17.4. The number of nitrogens with zero attached hydrogens (tertiary/aromatic N) is 2. The van der Waals surface area contributed by atoms with Gasteiger partial charge < -0.3 is 10.2 Å². The van der Waals surface area contributed by atoms with Crippen LogP contribution in [-0.4, -0.2) is 30.4 Å². The van der Waals surface area contributed by atoms with Gasteiger partial charge in [0.05, 0.1) is 5.56 Å². The van der Waals surface area contributed by atoms with Crippen LogP contribution in [0.2, 0.25) is 5.02 Å². The Morgan fingerprint density at radius 2 is 1.63 bits per heavy atom. The van der Waals surface area contributed by atoms with Gasteiger partial charge in [0.1, 0.15) is 0 Å². The Balaban J connectivity index is 1.35. The molecule has 1 heterocycles. The first-order valence-electron chi connectivity index (χ1n) is 10.2. The van der Waals surface area contributed by atoms with Gasteiger partial charge >= 0.3 is 6.18 Å². The van der Waals surface area contributed by atoms with Gasteiger partial charge in [-0.15, -0.1) is 12.2 Å². The third-order valence-corrected chi connectivity index (χ3v) is 5.75. The third kappa shape index (κ3) is 6.39. The van der Waals surface area contributed by atoms with Crippen LogP contribution in [0.5, 0.6) is 0 Å². The number of unbranched alkanes of at least 4 members (excludes halogenated alkanes) is 1. The first kappa shape index (κ1) is 22.5. The molecule has 0 unspecified atom stereocenters. The molecule has 1 saturated heterocycles. The zero-order chi connectivity index (χ0) is 21.6. The van der Waals surface area contributed by atoms with Crippen LogP contribution in [-0.2, 0) is 6.18 Å². The minimum atomic E-state index is -4.39. The SMILES string of the molecule is O=C(c1ccc(C(F)(F)F)cc1)N1CCC(CCCC[N-]c2ccc(Cl)cc2)CC1. The molecular formula is C23H25ClF3N2O-. The normalized spacial score (nSPS) is 15.3. The van der Waals surface area contributed by atoms with Crippen molar-refractivity contribution in [3.63, 3.8) is 0 Å². The molecule has 0 bridgehead atoms. The molecule has 162 valence electrons. The molecule has 0 atom stereocenters. The molecule has 1 amide bonds. The van der Waals surface area contributed by atoms with Crippen molar-refractivity contribution < 1.29 is 18.0 Å². The van der Waals surface area contributed by atoms with E-state index in [9.17, 15) is 18.0 Å². The molecule has 1 aliphatic rings. The van der Waals surface area contributed by atoms with Crippen LogP contribution in [0.4, 0.5) is 18.9 Å². The Morgan fingerprint density at radius 1 is 1.00 bits per heavy atom. The maximum absolute atomic E-state index is 12.7. The summed E-state index contributed by atoms with van der Waals surface area (Å²) in [4.78, 5) is 14.3. The summed E-state index contributed by atoms with van der Waals surface area (Å²) in [6.07, 6.45) is 0.698. The van der Waals surface area contributed by atoms with Crippen molar-refractivity contribution in [3.05, 3.63) is 70.0 Å². The lowest BCUT2D eigenvalue weighted by Gasteiger charge is -2.32. The number of likely N-dealkylation sites (tertiary alicyclic amines) is 1. The number of benzene rings is 2. The van der Waals surface area contributed by atoms with Gasteiger partial charge in [-0.1, -0.05) is 43.0 Å². The van der Waals surface area contributed by atoms with Gasteiger partial charge in [-0.2, -0.15) is 13.2 Å². The van der Waals surface area contributed by atoms with Crippen LogP contribution < -0.4 is 0 Å². The van der Waals surface area contributed by atoms with Crippen molar-refractivity contribution in [2.75, 3.05) is 19.6 Å². The van der Waals surface area contributed by atoms with E-state index in [-0.39, 0.29) is 5.91 Å². The first-order valence-corrected chi connectivity index (χ1v) is 10.6. The average molecular weight is 438 g/mol. The lowest BCUT2D eigenvalue weighted by Crippen LogP contribution is -2.38. The number of carbonyl (C=O) groups is 1. The fourth-order valence-corrected chi connectivity index (χ4v) is 3.83. The molecule has 3 nitrogen and oxygen atoms in total. The number of halogens is 4. The molecule has 1 fully saturated rings. The summed E-state index contributed by atoms with van der Waals surface area (Å²) < 4.78 is 38.0. The highest BCUT2D eigenvalue weighted by Crippen LogP contribution is 2.30. The van der Waals surface area contributed by atoms with E-state index in [1.165, 1.54) is 12.1 Å². The summed E-state index contributed by atoms with van der Waals surface area (Å²) in [5, 5.41) is 5.24. The van der Waals surface area contributed by atoms with E-state index in [1.54, 1.807) is 4.90 Å². The predicted octanol–water partition coefficient (Wildman–Crippen LogP) is 7.09. The monoisotopic (exact) mass is 437 g/mol. The van der Waals surface area contributed by atoms with E-state index >= 15 is 0 Å². The van der Waals surface area contributed by atoms with Gasteiger partial charge in [0, 0.05) is 23.7 Å². The van der Waals surface area contributed by atoms with E-state index in [2.05, 4.69) is 5.32 Å². The minimum absolute atomic E-state index is 0.191. The summed E-state index contributed by atoms with van der Waals surface area (Å²) in [5.74, 6) is 0.390. The topological polar surface area (TPSA) is 34.4 Å². The molecule has 0 aromatic heterocycles. The average Bonchev–Trinajstić information content (AvgIpc) is 2.74. The largest absolute Gasteiger partial charge is 0.684 e. The highest BCUT2D eigenvalue weighted by Gasteiger charge is 2.30. The number of rotatable bonds is 7. The van der Waals surface area contributed by atoms with Crippen molar-refractivity contribution in [2.24, 2.45) is 5.92 Å². The Bertz CT molecular complexity index is 814. The van der Waals surface area contributed by atoms with Crippen LogP contribution in [0.1, 0.15) is 48.0 Å². The van der Waals surface area contributed by atoms with Gasteiger partial charge in [-0.05, 0) is 55.2 Å². The lowest BCUT2D eigenvalue weighted by molar-refractivity contribution is -0.137. The molecule has 2 aromatic rings. The smallest absolute Gasteiger partial charge is 0.416 e. The van der Waals surface area contributed by atoms with E-state index in [1.807, 2.05) is 24.3 Å². The number of hydrogen-bond acceptors (Lipinski definition) is 1. The summed E-state index contributed by atoms with van der Waals surface area (Å²) in [6, 6.07) is 11.9. The molecule has 1 aliphatic heterocycles. The van der Waals surface area contributed by atoms with Gasteiger partial charge in [0.2, 0.25) is 0 Å². The first-order chi connectivity index (χ1) is 14.3. The van der Waals surface area contributed by atoms with Gasteiger partial charge in [-0.25, -0.2) is 0 Å². The van der Waals surface area contributed by atoms with Crippen LogP contribution in [0.3, 0.4) is 0 Å². The number of hydrogen-bond donors (Lipinski definition) is 0. The molecule has 0 saturated carbocycles. The molecule has 30 heavy (non-hydrogen) atoms. The Hall–Kier alpha value is -2.21. The second-order valence-corrected chi connectivity index (χ2v) is 8.10. The minimum Gasteiger partial charge on any atom is -0.684 e. The van der Waals surface area contributed by atoms with Crippen LogP contribution in [0.25, 0.3) is 5.32 Å². The van der Waals surface area contributed by atoms with E-state index in [0.717, 1.165) is 56.5 Å².